The third-order valence-electron chi connectivity index (χ3n) is 2.06. The van der Waals surface area contributed by atoms with Gasteiger partial charge in [-0.2, -0.15) is 0 Å². The number of nitrogens with one attached hydrogen (secondary N) is 1. The summed E-state index contributed by atoms with van der Waals surface area (Å²) in [7, 11) is 0. The zero-order valence-electron chi connectivity index (χ0n) is 9.19. The summed E-state index contributed by atoms with van der Waals surface area (Å²) in [6.45, 7) is 0.480. The van der Waals surface area contributed by atoms with Crippen LogP contribution in [0.4, 0.5) is 4.79 Å². The van der Waals surface area contributed by atoms with Gasteiger partial charge in [-0.25, -0.2) is 4.79 Å². The Morgan fingerprint density at radius 1 is 1.43 bits per heavy atom. The fraction of sp³-hybridized carbons (Fsp3) is 0.300. The van der Waals surface area contributed by atoms with Gasteiger partial charge in [-0.05, 0) is 12.0 Å². The van der Waals surface area contributed by atoms with E-state index in [0.29, 0.717) is 6.61 Å². The first-order chi connectivity index (χ1) is 6.34. The summed E-state index contributed by atoms with van der Waals surface area (Å²) >= 11 is 0. The van der Waals surface area contributed by atoms with Gasteiger partial charge in [-0.1, -0.05) is 30.3 Å². The maximum Gasteiger partial charge on any atom is 1.00 e. The molecule has 14 heavy (non-hydrogen) atoms. The van der Waals surface area contributed by atoms with Gasteiger partial charge in [-0.15, -0.1) is 0 Å². The molecular formula is C10H12LiNO2. The Kier molecular flexibility index (Phi) is 4.06. The molecule has 1 aromatic rings. The molecule has 1 aliphatic rings. The average molecular weight is 185 g/mol. The molecule has 0 aliphatic carbocycles. The fourth-order valence-electron chi connectivity index (χ4n) is 1.43. The van der Waals surface area contributed by atoms with Crippen molar-refractivity contribution in [2.75, 3.05) is 6.61 Å². The van der Waals surface area contributed by atoms with Crippen molar-refractivity contribution in [3.63, 3.8) is 0 Å². The molecule has 1 unspecified atom stereocenters. The molecule has 1 amide bonds. The Hall–Kier alpha value is -0.913. The van der Waals surface area contributed by atoms with Crippen LogP contribution in [0.3, 0.4) is 0 Å². The van der Waals surface area contributed by atoms with Crippen molar-refractivity contribution in [1.82, 2.24) is 5.32 Å². The first kappa shape index (κ1) is 11.2. The summed E-state index contributed by atoms with van der Waals surface area (Å²) in [5.41, 5.74) is 1.22. The number of hydrogen-bond acceptors (Lipinski definition) is 2. The predicted octanol–water partition coefficient (Wildman–Crippen LogP) is -1.55. The monoisotopic (exact) mass is 185 g/mol. The van der Waals surface area contributed by atoms with E-state index in [-0.39, 0.29) is 32.4 Å². The molecular weight excluding hydrogens is 173 g/mol. The van der Waals surface area contributed by atoms with E-state index in [9.17, 15) is 4.79 Å². The number of alkyl carbamates (subject to hydrolysis) is 1. The number of ether oxygens (including phenoxy) is 1. The quantitative estimate of drug-likeness (QED) is 0.567. The molecule has 1 N–H and O–H groups in total. The van der Waals surface area contributed by atoms with Crippen LogP contribution in [-0.4, -0.2) is 18.7 Å². The number of cyclic esters (lactones) is 1. The van der Waals surface area contributed by atoms with Gasteiger partial charge in [-0.3, -0.25) is 0 Å². The average Bonchev–Trinajstić information content (AvgIpc) is 2.53. The third-order valence-corrected chi connectivity index (χ3v) is 2.06. The van der Waals surface area contributed by atoms with Gasteiger partial charge in [0.25, 0.3) is 0 Å². The van der Waals surface area contributed by atoms with E-state index in [1.54, 1.807) is 0 Å². The van der Waals surface area contributed by atoms with E-state index >= 15 is 0 Å². The summed E-state index contributed by atoms with van der Waals surface area (Å²) in [6, 6.07) is 10.2. The van der Waals surface area contributed by atoms with Gasteiger partial charge < -0.3 is 11.5 Å². The summed E-state index contributed by atoms with van der Waals surface area (Å²) in [4.78, 5) is 10.7. The number of carbonyl (C=O) groups is 1. The zero-order valence-corrected chi connectivity index (χ0v) is 8.19. The molecule has 0 bridgehead atoms. The molecule has 1 aromatic carbocycles. The Morgan fingerprint density at radius 3 is 2.71 bits per heavy atom. The molecule has 0 radical (unpaired) electrons. The summed E-state index contributed by atoms with van der Waals surface area (Å²) < 4.78 is 4.79. The molecule has 3 nitrogen and oxygen atoms in total. The summed E-state index contributed by atoms with van der Waals surface area (Å²) in [5, 5.41) is 2.74. The number of rotatable bonds is 2. The van der Waals surface area contributed by atoms with Crippen LogP contribution in [0.2, 0.25) is 0 Å². The SMILES string of the molecule is O=C1NC(Cc2ccccc2)CO1.[H-].[Li+]. The minimum atomic E-state index is -0.305. The Morgan fingerprint density at radius 2 is 2.14 bits per heavy atom. The molecule has 70 valence electrons. The largest absolute Gasteiger partial charge is 1.00 e. The van der Waals surface area contributed by atoms with E-state index in [4.69, 9.17) is 4.74 Å². The van der Waals surface area contributed by atoms with Crippen molar-refractivity contribution in [3.05, 3.63) is 35.9 Å². The van der Waals surface area contributed by atoms with E-state index in [2.05, 4.69) is 5.32 Å². The van der Waals surface area contributed by atoms with E-state index < -0.39 is 0 Å². The number of amides is 1. The molecule has 1 saturated heterocycles. The predicted molar refractivity (Wildman–Crippen MR) is 49.5 cm³/mol. The van der Waals surface area contributed by atoms with Crippen LogP contribution in [0.1, 0.15) is 6.99 Å². The molecule has 1 heterocycles. The van der Waals surface area contributed by atoms with Crippen LogP contribution in [0.25, 0.3) is 0 Å². The van der Waals surface area contributed by atoms with Gasteiger partial charge in [0.1, 0.15) is 6.61 Å². The molecule has 0 spiro atoms. The Bertz CT molecular complexity index is 308. The topological polar surface area (TPSA) is 38.3 Å². The molecule has 1 aliphatic heterocycles. The zero-order chi connectivity index (χ0) is 9.10. The van der Waals surface area contributed by atoms with Crippen LogP contribution in [0, 0.1) is 0 Å². The minimum Gasteiger partial charge on any atom is -1.00 e. The minimum absolute atomic E-state index is 0. The van der Waals surface area contributed by atoms with Crippen LogP contribution < -0.4 is 24.2 Å². The van der Waals surface area contributed by atoms with Crippen molar-refractivity contribution in [3.8, 4) is 0 Å². The Balaban J connectivity index is 0.000000980. The third kappa shape index (κ3) is 2.80. The number of benzene rings is 1. The van der Waals surface area contributed by atoms with E-state index in [0.717, 1.165) is 6.42 Å². The van der Waals surface area contributed by atoms with Crippen molar-refractivity contribution in [2.45, 2.75) is 12.5 Å². The van der Waals surface area contributed by atoms with Crippen molar-refractivity contribution < 1.29 is 29.8 Å². The first-order valence-corrected chi connectivity index (χ1v) is 4.32. The standard InChI is InChI=1S/C10H11NO2.Li.H/c12-10-11-9(7-13-10)6-8-4-2-1-3-5-8;;/h1-5,9H,6-7H2,(H,11,12);;/q;+1;-1. The summed E-state index contributed by atoms with van der Waals surface area (Å²) in [5.74, 6) is 0. The molecule has 1 fully saturated rings. The second-order valence-electron chi connectivity index (χ2n) is 3.13. The van der Waals surface area contributed by atoms with E-state index in [1.165, 1.54) is 5.56 Å². The smallest absolute Gasteiger partial charge is 1.00 e. The van der Waals surface area contributed by atoms with Crippen molar-refractivity contribution in [1.29, 1.82) is 0 Å². The summed E-state index contributed by atoms with van der Waals surface area (Å²) in [6.07, 6.45) is 0.535. The van der Waals surface area contributed by atoms with Gasteiger partial charge in [0.15, 0.2) is 0 Å². The van der Waals surface area contributed by atoms with Crippen molar-refractivity contribution in [2.24, 2.45) is 0 Å². The van der Waals surface area contributed by atoms with Crippen LogP contribution >= 0.6 is 0 Å². The van der Waals surface area contributed by atoms with Gasteiger partial charge in [0.05, 0.1) is 6.04 Å². The second-order valence-corrected chi connectivity index (χ2v) is 3.13. The maximum absolute atomic E-state index is 10.7. The molecule has 0 saturated carbocycles. The molecule has 0 aromatic heterocycles. The van der Waals surface area contributed by atoms with Crippen LogP contribution in [0.5, 0.6) is 0 Å². The van der Waals surface area contributed by atoms with Gasteiger partial charge >= 0.3 is 25.0 Å². The number of carbonyl (C=O) groups excluding carboxylic acids is 1. The van der Waals surface area contributed by atoms with Crippen LogP contribution in [0.15, 0.2) is 30.3 Å². The Labute approximate surface area is 96.5 Å². The second kappa shape index (κ2) is 5.09. The normalized spacial score (nSPS) is 19.4. The number of hydrogen-bond donors (Lipinski definition) is 1. The van der Waals surface area contributed by atoms with Gasteiger partial charge in [0, 0.05) is 0 Å². The molecule has 4 heteroatoms. The van der Waals surface area contributed by atoms with Crippen molar-refractivity contribution >= 4 is 6.09 Å². The van der Waals surface area contributed by atoms with Gasteiger partial charge in [0.2, 0.25) is 0 Å². The maximum atomic E-state index is 10.7. The van der Waals surface area contributed by atoms with Crippen LogP contribution in [-0.2, 0) is 11.2 Å². The fourth-order valence-corrected chi connectivity index (χ4v) is 1.43. The first-order valence-electron chi connectivity index (χ1n) is 4.32. The molecule has 2 rings (SSSR count). The molecule has 1 atom stereocenters. The van der Waals surface area contributed by atoms with E-state index in [1.807, 2.05) is 30.3 Å².